The lowest BCUT2D eigenvalue weighted by Crippen LogP contribution is -2.45. The molecule has 0 bridgehead atoms. The molecule has 2 fully saturated rings. The van der Waals surface area contributed by atoms with Crippen molar-refractivity contribution in [3.8, 4) is 0 Å². The number of hydrogen-bond donors (Lipinski definition) is 2. The molecular weight excluding hydrogens is 342 g/mol. The highest BCUT2D eigenvalue weighted by atomic mass is 16.6. The SMILES string of the molecule is CCNC(=NCC1CCCCN1CC)N1CCC(NC(=O)OC(C)(C)C)C1. The van der Waals surface area contributed by atoms with Crippen LogP contribution in [-0.2, 0) is 4.74 Å². The number of rotatable bonds is 5. The first-order chi connectivity index (χ1) is 12.8. The van der Waals surface area contributed by atoms with Gasteiger partial charge in [0.05, 0.1) is 12.6 Å². The molecule has 0 spiro atoms. The Morgan fingerprint density at radius 3 is 2.63 bits per heavy atom. The number of amides is 1. The predicted octanol–water partition coefficient (Wildman–Crippen LogP) is 2.43. The van der Waals surface area contributed by atoms with E-state index in [2.05, 4.69) is 34.3 Å². The van der Waals surface area contributed by atoms with Crippen LogP contribution < -0.4 is 10.6 Å². The first kappa shape index (κ1) is 21.8. The fourth-order valence-corrected chi connectivity index (χ4v) is 3.85. The largest absolute Gasteiger partial charge is 0.444 e. The molecule has 7 heteroatoms. The predicted molar refractivity (Wildman–Crippen MR) is 110 cm³/mol. The normalized spacial score (nSPS) is 24.8. The minimum atomic E-state index is -0.468. The molecule has 27 heavy (non-hydrogen) atoms. The van der Waals surface area contributed by atoms with Gasteiger partial charge in [-0.05, 0) is 60.0 Å². The van der Waals surface area contributed by atoms with Crippen molar-refractivity contribution in [1.82, 2.24) is 20.4 Å². The fraction of sp³-hybridized carbons (Fsp3) is 0.900. The quantitative estimate of drug-likeness (QED) is 0.565. The van der Waals surface area contributed by atoms with E-state index in [1.807, 2.05) is 20.8 Å². The van der Waals surface area contributed by atoms with Gasteiger partial charge in [-0.25, -0.2) is 4.79 Å². The zero-order valence-electron chi connectivity index (χ0n) is 17.9. The summed E-state index contributed by atoms with van der Waals surface area (Å²) in [4.78, 5) is 21.8. The van der Waals surface area contributed by atoms with Gasteiger partial charge >= 0.3 is 6.09 Å². The van der Waals surface area contributed by atoms with Crippen LogP contribution in [0.2, 0.25) is 0 Å². The van der Waals surface area contributed by atoms with Gasteiger partial charge in [-0.15, -0.1) is 0 Å². The number of hydrogen-bond acceptors (Lipinski definition) is 4. The molecule has 1 amide bonds. The molecule has 0 aromatic carbocycles. The highest BCUT2D eigenvalue weighted by Gasteiger charge is 2.28. The van der Waals surface area contributed by atoms with Crippen LogP contribution in [0.1, 0.15) is 60.3 Å². The number of aliphatic imine (C=N–C) groups is 1. The topological polar surface area (TPSA) is 69.2 Å². The Labute approximate surface area is 164 Å². The molecule has 0 radical (unpaired) electrons. The highest BCUT2D eigenvalue weighted by molar-refractivity contribution is 5.80. The third-order valence-electron chi connectivity index (χ3n) is 5.15. The standard InChI is InChI=1S/C20H39N5O2/c1-6-21-18(22-14-17-10-8-9-12-24(17)7-2)25-13-11-16(15-25)23-19(26)27-20(3,4)5/h16-17H,6-15H2,1-5H3,(H,21,22)(H,23,26). The van der Waals surface area contributed by atoms with Gasteiger partial charge in [-0.3, -0.25) is 9.89 Å². The molecule has 2 heterocycles. The van der Waals surface area contributed by atoms with Crippen LogP contribution >= 0.6 is 0 Å². The first-order valence-electron chi connectivity index (χ1n) is 10.6. The van der Waals surface area contributed by atoms with Crippen LogP contribution in [0.5, 0.6) is 0 Å². The summed E-state index contributed by atoms with van der Waals surface area (Å²) in [6.45, 7) is 15.6. The van der Waals surface area contributed by atoms with E-state index in [1.54, 1.807) is 0 Å². The van der Waals surface area contributed by atoms with Crippen LogP contribution in [0.3, 0.4) is 0 Å². The molecular formula is C20H39N5O2. The molecule has 2 saturated heterocycles. The number of carbonyl (C=O) groups is 1. The van der Waals surface area contributed by atoms with Gasteiger partial charge in [0.2, 0.25) is 0 Å². The zero-order valence-corrected chi connectivity index (χ0v) is 17.9. The van der Waals surface area contributed by atoms with Gasteiger partial charge in [-0.1, -0.05) is 13.3 Å². The Bertz CT molecular complexity index is 503. The van der Waals surface area contributed by atoms with Crippen LogP contribution in [-0.4, -0.2) is 78.8 Å². The first-order valence-corrected chi connectivity index (χ1v) is 10.6. The Hall–Kier alpha value is -1.50. The Kier molecular flexibility index (Phi) is 8.20. The molecule has 2 N–H and O–H groups in total. The molecule has 7 nitrogen and oxygen atoms in total. The van der Waals surface area contributed by atoms with Gasteiger partial charge < -0.3 is 20.3 Å². The molecule has 2 atom stereocenters. The number of guanidine groups is 1. The smallest absolute Gasteiger partial charge is 0.407 e. The van der Waals surface area contributed by atoms with Gasteiger partial charge in [-0.2, -0.15) is 0 Å². The Morgan fingerprint density at radius 1 is 1.19 bits per heavy atom. The van der Waals surface area contributed by atoms with Gasteiger partial charge in [0.1, 0.15) is 5.60 Å². The fourth-order valence-electron chi connectivity index (χ4n) is 3.85. The maximum absolute atomic E-state index is 12.0. The molecule has 0 aromatic rings. The molecule has 0 saturated carbocycles. The second kappa shape index (κ2) is 10.2. The van der Waals surface area contributed by atoms with Crippen molar-refractivity contribution in [2.75, 3.05) is 39.3 Å². The minimum absolute atomic E-state index is 0.102. The van der Waals surface area contributed by atoms with Crippen molar-refractivity contribution in [3.63, 3.8) is 0 Å². The number of likely N-dealkylation sites (tertiary alicyclic amines) is 2. The lowest BCUT2D eigenvalue weighted by atomic mass is 10.0. The number of alkyl carbamates (subject to hydrolysis) is 1. The molecule has 2 aliphatic heterocycles. The van der Waals surface area contributed by atoms with E-state index in [4.69, 9.17) is 9.73 Å². The van der Waals surface area contributed by atoms with Crippen molar-refractivity contribution in [3.05, 3.63) is 0 Å². The second-order valence-electron chi connectivity index (χ2n) is 8.55. The monoisotopic (exact) mass is 381 g/mol. The third-order valence-corrected chi connectivity index (χ3v) is 5.15. The summed E-state index contributed by atoms with van der Waals surface area (Å²) in [6.07, 6.45) is 4.42. The summed E-state index contributed by atoms with van der Waals surface area (Å²) >= 11 is 0. The van der Waals surface area contributed by atoms with Crippen molar-refractivity contribution >= 4 is 12.1 Å². The third kappa shape index (κ3) is 7.20. The molecule has 156 valence electrons. The zero-order chi connectivity index (χ0) is 19.9. The molecule has 0 aromatic heterocycles. The van der Waals surface area contributed by atoms with Crippen LogP contribution in [0.25, 0.3) is 0 Å². The maximum atomic E-state index is 12.0. The summed E-state index contributed by atoms with van der Waals surface area (Å²) < 4.78 is 5.37. The number of likely N-dealkylation sites (N-methyl/N-ethyl adjacent to an activating group) is 1. The molecule has 0 aliphatic carbocycles. The molecule has 2 aliphatic rings. The van der Waals surface area contributed by atoms with E-state index in [-0.39, 0.29) is 12.1 Å². The summed E-state index contributed by atoms with van der Waals surface area (Å²) in [5.74, 6) is 0.965. The van der Waals surface area contributed by atoms with Crippen molar-refractivity contribution in [2.45, 2.75) is 78.0 Å². The molecule has 2 unspecified atom stereocenters. The molecule has 2 rings (SSSR count). The van der Waals surface area contributed by atoms with Gasteiger partial charge in [0.25, 0.3) is 0 Å². The van der Waals surface area contributed by atoms with Crippen LogP contribution in [0.15, 0.2) is 4.99 Å². The Morgan fingerprint density at radius 2 is 1.96 bits per heavy atom. The number of ether oxygens (including phenoxy) is 1. The van der Waals surface area contributed by atoms with Crippen LogP contribution in [0.4, 0.5) is 4.79 Å². The second-order valence-corrected chi connectivity index (χ2v) is 8.55. The van der Waals surface area contributed by atoms with E-state index in [9.17, 15) is 4.79 Å². The number of piperidine rings is 1. The van der Waals surface area contributed by atoms with E-state index >= 15 is 0 Å². The minimum Gasteiger partial charge on any atom is -0.444 e. The Balaban J connectivity index is 1.89. The van der Waals surface area contributed by atoms with Crippen molar-refractivity contribution in [1.29, 1.82) is 0 Å². The lowest BCUT2D eigenvalue weighted by molar-refractivity contribution is 0.0507. The van der Waals surface area contributed by atoms with Crippen LogP contribution in [0, 0.1) is 0 Å². The number of carbonyl (C=O) groups excluding carboxylic acids is 1. The van der Waals surface area contributed by atoms with E-state index in [1.165, 1.54) is 25.8 Å². The van der Waals surface area contributed by atoms with Crippen molar-refractivity contribution < 1.29 is 9.53 Å². The van der Waals surface area contributed by atoms with E-state index < -0.39 is 5.60 Å². The summed E-state index contributed by atoms with van der Waals surface area (Å²) in [6, 6.07) is 0.654. The van der Waals surface area contributed by atoms with Gasteiger partial charge in [0, 0.05) is 25.7 Å². The van der Waals surface area contributed by atoms with Gasteiger partial charge in [0.15, 0.2) is 5.96 Å². The maximum Gasteiger partial charge on any atom is 0.407 e. The van der Waals surface area contributed by atoms with Crippen molar-refractivity contribution in [2.24, 2.45) is 4.99 Å². The highest BCUT2D eigenvalue weighted by Crippen LogP contribution is 2.17. The summed E-state index contributed by atoms with van der Waals surface area (Å²) in [5.41, 5.74) is -0.468. The lowest BCUT2D eigenvalue weighted by Gasteiger charge is -2.34. The number of nitrogens with one attached hydrogen (secondary N) is 2. The average Bonchev–Trinajstić information content (AvgIpc) is 3.05. The number of nitrogens with zero attached hydrogens (tertiary/aromatic N) is 3. The average molecular weight is 382 g/mol. The van der Waals surface area contributed by atoms with E-state index in [0.29, 0.717) is 6.04 Å². The van der Waals surface area contributed by atoms with E-state index in [0.717, 1.165) is 45.1 Å². The summed E-state index contributed by atoms with van der Waals surface area (Å²) in [5, 5.41) is 6.41. The summed E-state index contributed by atoms with van der Waals surface area (Å²) in [7, 11) is 0.